The second-order valence-electron chi connectivity index (χ2n) is 7.04. The molecule has 0 fully saturated rings. The topological polar surface area (TPSA) is 99.3 Å². The van der Waals surface area contributed by atoms with E-state index in [-0.39, 0.29) is 21.7 Å². The molecular weight excluding hydrogens is 340 g/mol. The summed E-state index contributed by atoms with van der Waals surface area (Å²) in [5, 5.41) is 18.3. The van der Waals surface area contributed by atoms with Gasteiger partial charge in [0.2, 0.25) is 0 Å². The zero-order valence-electron chi connectivity index (χ0n) is 14.9. The summed E-state index contributed by atoms with van der Waals surface area (Å²) >= 11 is 0. The van der Waals surface area contributed by atoms with Crippen molar-refractivity contribution >= 4 is 21.5 Å². The Morgan fingerprint density at radius 3 is 2.16 bits per heavy atom. The number of azo groups is 1. The Bertz CT molecular complexity index is 942. The molecule has 0 saturated carbocycles. The van der Waals surface area contributed by atoms with E-state index in [1.165, 1.54) is 12.1 Å². The van der Waals surface area contributed by atoms with Crippen molar-refractivity contribution in [3.8, 4) is 5.75 Å². The van der Waals surface area contributed by atoms with E-state index in [0.717, 1.165) is 5.56 Å². The molecule has 0 aliphatic rings. The molecule has 0 spiro atoms. The van der Waals surface area contributed by atoms with Gasteiger partial charge >= 0.3 is 0 Å². The fraction of sp³-hybridized carbons (Fsp3) is 0.333. The first-order valence-corrected chi connectivity index (χ1v) is 9.17. The molecule has 0 amide bonds. The summed E-state index contributed by atoms with van der Waals surface area (Å²) in [7, 11) is -4.33. The van der Waals surface area contributed by atoms with Crippen molar-refractivity contribution in [2.75, 3.05) is 0 Å². The summed E-state index contributed by atoms with van der Waals surface area (Å²) in [4.78, 5) is -0.215. The molecule has 25 heavy (non-hydrogen) atoms. The summed E-state index contributed by atoms with van der Waals surface area (Å²) in [6.07, 6.45) is 0. The second kappa shape index (κ2) is 6.57. The molecule has 0 radical (unpaired) electrons. The van der Waals surface area contributed by atoms with Crippen LogP contribution < -0.4 is 0 Å². The molecule has 6 nitrogen and oxygen atoms in total. The predicted molar refractivity (Wildman–Crippen MR) is 96.7 cm³/mol. The molecule has 7 heteroatoms. The summed E-state index contributed by atoms with van der Waals surface area (Å²) in [5.74, 6) is 0.0267. The molecule has 0 aromatic heterocycles. The molecule has 0 atom stereocenters. The molecule has 2 aromatic rings. The van der Waals surface area contributed by atoms with Crippen LogP contribution in [0.2, 0.25) is 0 Å². The zero-order chi connectivity index (χ0) is 19.0. The van der Waals surface area contributed by atoms with Crippen LogP contribution in [0.3, 0.4) is 0 Å². The summed E-state index contributed by atoms with van der Waals surface area (Å²) in [6.45, 7) is 9.52. The van der Waals surface area contributed by atoms with Gasteiger partial charge in [0.05, 0.1) is 10.6 Å². The fourth-order valence-electron chi connectivity index (χ4n) is 2.31. The molecule has 2 N–H and O–H groups in total. The maximum atomic E-state index is 11.4. The van der Waals surface area contributed by atoms with Crippen LogP contribution >= 0.6 is 0 Å². The third-order valence-electron chi connectivity index (χ3n) is 3.87. The van der Waals surface area contributed by atoms with Crippen molar-refractivity contribution in [3.63, 3.8) is 0 Å². The van der Waals surface area contributed by atoms with Gasteiger partial charge in [0.1, 0.15) is 11.4 Å². The maximum absolute atomic E-state index is 11.4. The minimum atomic E-state index is -4.33. The molecule has 2 aromatic carbocycles. The third-order valence-corrected chi connectivity index (χ3v) is 4.86. The van der Waals surface area contributed by atoms with Crippen LogP contribution in [0.1, 0.15) is 37.5 Å². The molecule has 0 saturated heterocycles. The van der Waals surface area contributed by atoms with Crippen LogP contribution in [-0.4, -0.2) is 18.1 Å². The van der Waals surface area contributed by atoms with Gasteiger partial charge < -0.3 is 5.11 Å². The average Bonchev–Trinajstić information content (AvgIpc) is 2.47. The lowest BCUT2D eigenvalue weighted by molar-refractivity contribution is 0.470. The van der Waals surface area contributed by atoms with Crippen LogP contribution in [0.15, 0.2) is 45.5 Å². The Morgan fingerprint density at radius 1 is 0.960 bits per heavy atom. The number of rotatable bonds is 3. The average molecular weight is 362 g/mol. The molecule has 0 unspecified atom stereocenters. The summed E-state index contributed by atoms with van der Waals surface area (Å²) < 4.78 is 32.0. The standard InChI is InChI=1S/C18H22N2O4S/c1-11-6-7-14(10-16(11)25(22,23)24)19-20-15-9-13(18(3,4)5)8-12(2)17(15)21/h6-10,21H,1-5H3,(H,22,23,24). The Kier molecular flexibility index (Phi) is 5.02. The number of hydrogen-bond acceptors (Lipinski definition) is 5. The van der Waals surface area contributed by atoms with E-state index >= 15 is 0 Å². The van der Waals surface area contributed by atoms with Crippen LogP contribution in [0.5, 0.6) is 5.75 Å². The highest BCUT2D eigenvalue weighted by atomic mass is 32.2. The van der Waals surface area contributed by atoms with E-state index < -0.39 is 10.1 Å². The van der Waals surface area contributed by atoms with E-state index in [1.54, 1.807) is 26.0 Å². The van der Waals surface area contributed by atoms with Gasteiger partial charge in [0, 0.05) is 0 Å². The van der Waals surface area contributed by atoms with Crippen molar-refractivity contribution in [1.82, 2.24) is 0 Å². The van der Waals surface area contributed by atoms with Crippen LogP contribution in [-0.2, 0) is 15.5 Å². The molecule has 0 heterocycles. The van der Waals surface area contributed by atoms with E-state index in [1.807, 2.05) is 6.07 Å². The lowest BCUT2D eigenvalue weighted by Crippen LogP contribution is -2.11. The smallest absolute Gasteiger partial charge is 0.294 e. The Labute approximate surface area is 148 Å². The van der Waals surface area contributed by atoms with Crippen molar-refractivity contribution in [2.24, 2.45) is 10.2 Å². The van der Waals surface area contributed by atoms with Crippen LogP contribution in [0, 0.1) is 13.8 Å². The highest BCUT2D eigenvalue weighted by Crippen LogP contribution is 2.36. The van der Waals surface area contributed by atoms with Crippen molar-refractivity contribution < 1.29 is 18.1 Å². The summed E-state index contributed by atoms with van der Waals surface area (Å²) in [5.41, 5.74) is 2.54. The number of aryl methyl sites for hydroxylation is 2. The minimum absolute atomic E-state index is 0.0267. The largest absolute Gasteiger partial charge is 0.505 e. The van der Waals surface area contributed by atoms with Crippen molar-refractivity contribution in [3.05, 3.63) is 47.0 Å². The number of hydrogen-bond donors (Lipinski definition) is 2. The van der Waals surface area contributed by atoms with Gasteiger partial charge in [-0.25, -0.2) is 0 Å². The first kappa shape index (κ1) is 19.1. The van der Waals surface area contributed by atoms with Crippen molar-refractivity contribution in [1.29, 1.82) is 0 Å². The van der Waals surface area contributed by atoms with E-state index in [2.05, 4.69) is 31.0 Å². The zero-order valence-corrected chi connectivity index (χ0v) is 15.7. The van der Waals surface area contributed by atoms with Crippen molar-refractivity contribution in [2.45, 2.75) is 44.9 Å². The Balaban J connectivity index is 2.49. The molecule has 134 valence electrons. The van der Waals surface area contributed by atoms with Gasteiger partial charge in [-0.3, -0.25) is 4.55 Å². The monoisotopic (exact) mass is 362 g/mol. The maximum Gasteiger partial charge on any atom is 0.294 e. The summed E-state index contributed by atoms with van der Waals surface area (Å²) in [6, 6.07) is 8.02. The lowest BCUT2D eigenvalue weighted by atomic mass is 9.86. The lowest BCUT2D eigenvalue weighted by Gasteiger charge is -2.20. The normalized spacial score (nSPS) is 12.7. The van der Waals surface area contributed by atoms with Gasteiger partial charge in [-0.1, -0.05) is 32.9 Å². The number of phenolic OH excluding ortho intramolecular Hbond substituents is 1. The van der Waals surface area contributed by atoms with Gasteiger partial charge in [-0.15, -0.1) is 5.11 Å². The molecular formula is C18H22N2O4S. The van der Waals surface area contributed by atoms with Gasteiger partial charge in [0.15, 0.2) is 0 Å². The van der Waals surface area contributed by atoms with E-state index in [9.17, 15) is 18.1 Å². The van der Waals surface area contributed by atoms with E-state index in [4.69, 9.17) is 0 Å². The number of phenols is 1. The second-order valence-corrected chi connectivity index (χ2v) is 8.43. The number of benzene rings is 2. The highest BCUT2D eigenvalue weighted by Gasteiger charge is 2.18. The van der Waals surface area contributed by atoms with Crippen LogP contribution in [0.4, 0.5) is 11.4 Å². The van der Waals surface area contributed by atoms with Crippen LogP contribution in [0.25, 0.3) is 0 Å². The predicted octanol–water partition coefficient (Wildman–Crippen LogP) is 4.97. The molecule has 2 rings (SSSR count). The highest BCUT2D eigenvalue weighted by molar-refractivity contribution is 7.85. The number of nitrogens with zero attached hydrogens (tertiary/aromatic N) is 2. The van der Waals surface area contributed by atoms with Gasteiger partial charge in [-0.2, -0.15) is 13.5 Å². The Morgan fingerprint density at radius 2 is 1.60 bits per heavy atom. The van der Waals surface area contributed by atoms with Gasteiger partial charge in [-0.05, 0) is 54.2 Å². The molecule has 0 aliphatic carbocycles. The quantitative estimate of drug-likeness (QED) is 0.595. The molecule has 0 aliphatic heterocycles. The fourth-order valence-corrected chi connectivity index (χ4v) is 3.06. The van der Waals surface area contributed by atoms with E-state index in [0.29, 0.717) is 16.8 Å². The first-order chi connectivity index (χ1) is 11.4. The van der Waals surface area contributed by atoms with Gasteiger partial charge in [0.25, 0.3) is 10.1 Å². The molecule has 0 bridgehead atoms. The first-order valence-electron chi connectivity index (χ1n) is 7.73. The Hall–Kier alpha value is -2.25. The third kappa shape index (κ3) is 4.43. The minimum Gasteiger partial charge on any atom is -0.505 e. The number of aromatic hydroxyl groups is 1. The SMILES string of the molecule is Cc1ccc(N=Nc2cc(C(C)(C)C)cc(C)c2O)cc1S(=O)(=O)O.